The first-order chi connectivity index (χ1) is 8.67. The van der Waals surface area contributed by atoms with Gasteiger partial charge in [-0.05, 0) is 30.7 Å². The van der Waals surface area contributed by atoms with Gasteiger partial charge in [0.15, 0.2) is 0 Å². The molecule has 0 saturated carbocycles. The first-order valence-electron chi connectivity index (χ1n) is 7.34. The van der Waals surface area contributed by atoms with E-state index in [1.165, 1.54) is 0 Å². The average Bonchev–Trinajstić information content (AvgIpc) is 2.73. The highest BCUT2D eigenvalue weighted by molar-refractivity contribution is 5.83. The predicted octanol–water partition coefficient (Wildman–Crippen LogP) is 1.54. The molecule has 112 valence electrons. The second kappa shape index (κ2) is 6.23. The van der Waals surface area contributed by atoms with Gasteiger partial charge in [0.25, 0.3) is 0 Å². The summed E-state index contributed by atoms with van der Waals surface area (Å²) in [7, 11) is 0. The smallest absolute Gasteiger partial charge is 0.227 e. The maximum atomic E-state index is 12.4. The minimum atomic E-state index is -0.470. The van der Waals surface area contributed by atoms with E-state index in [4.69, 9.17) is 0 Å². The molecule has 1 fully saturated rings. The number of aliphatic hydroxyl groups excluding tert-OH is 1. The molecule has 0 radical (unpaired) electrons. The molecule has 0 spiro atoms. The standard InChI is InChI=1S/C15H30N2O2/c1-11(2)15(6-7-16-10-15)13(19)17-9-12(18)8-14(3,4)5/h11-12,16,18H,6-10H2,1-5H3,(H,17,19). The minimum Gasteiger partial charge on any atom is -0.391 e. The summed E-state index contributed by atoms with van der Waals surface area (Å²) < 4.78 is 0. The van der Waals surface area contributed by atoms with Gasteiger partial charge in [-0.15, -0.1) is 0 Å². The lowest BCUT2D eigenvalue weighted by Gasteiger charge is -2.32. The second-order valence-electron chi connectivity index (χ2n) is 7.37. The number of rotatable bonds is 5. The molecular weight excluding hydrogens is 240 g/mol. The SMILES string of the molecule is CC(C)C1(C(=O)NCC(O)CC(C)(C)C)CCNC1. The van der Waals surface area contributed by atoms with E-state index in [0.29, 0.717) is 18.9 Å². The minimum absolute atomic E-state index is 0.0782. The highest BCUT2D eigenvalue weighted by Crippen LogP contribution is 2.34. The highest BCUT2D eigenvalue weighted by Gasteiger charge is 2.43. The van der Waals surface area contributed by atoms with Crippen LogP contribution in [0.1, 0.15) is 47.5 Å². The fourth-order valence-corrected chi connectivity index (χ4v) is 2.83. The molecular formula is C15H30N2O2. The van der Waals surface area contributed by atoms with Crippen LogP contribution in [0.5, 0.6) is 0 Å². The van der Waals surface area contributed by atoms with Gasteiger partial charge in [-0.2, -0.15) is 0 Å². The molecule has 19 heavy (non-hydrogen) atoms. The molecule has 1 saturated heterocycles. The molecule has 0 aromatic carbocycles. The van der Waals surface area contributed by atoms with E-state index in [0.717, 1.165) is 19.5 Å². The maximum absolute atomic E-state index is 12.4. The molecule has 0 aromatic rings. The number of nitrogens with one attached hydrogen (secondary N) is 2. The molecule has 1 amide bonds. The van der Waals surface area contributed by atoms with E-state index in [-0.39, 0.29) is 16.7 Å². The summed E-state index contributed by atoms with van der Waals surface area (Å²) in [5.41, 5.74) is -0.226. The number of carbonyl (C=O) groups excluding carboxylic acids is 1. The zero-order chi connectivity index (χ0) is 14.7. The van der Waals surface area contributed by atoms with Crippen LogP contribution in [0.4, 0.5) is 0 Å². The lowest BCUT2D eigenvalue weighted by atomic mass is 9.75. The van der Waals surface area contributed by atoms with Crippen LogP contribution in [-0.4, -0.2) is 36.8 Å². The Kier molecular flexibility index (Phi) is 5.39. The van der Waals surface area contributed by atoms with Crippen LogP contribution in [-0.2, 0) is 4.79 Å². The van der Waals surface area contributed by atoms with Gasteiger partial charge in [0, 0.05) is 13.1 Å². The first kappa shape index (κ1) is 16.4. The number of aliphatic hydroxyl groups is 1. The van der Waals surface area contributed by atoms with Crippen LogP contribution >= 0.6 is 0 Å². The summed E-state index contributed by atoms with van der Waals surface area (Å²) in [6, 6.07) is 0. The fraction of sp³-hybridized carbons (Fsp3) is 0.933. The predicted molar refractivity (Wildman–Crippen MR) is 77.8 cm³/mol. The quantitative estimate of drug-likeness (QED) is 0.710. The molecule has 0 bridgehead atoms. The summed E-state index contributed by atoms with van der Waals surface area (Å²) in [6.07, 6.45) is 1.11. The van der Waals surface area contributed by atoms with Crippen molar-refractivity contribution in [2.24, 2.45) is 16.7 Å². The highest BCUT2D eigenvalue weighted by atomic mass is 16.3. The number of carbonyl (C=O) groups is 1. The Morgan fingerprint density at radius 1 is 1.42 bits per heavy atom. The second-order valence-corrected chi connectivity index (χ2v) is 7.37. The van der Waals surface area contributed by atoms with Gasteiger partial charge < -0.3 is 15.7 Å². The molecule has 1 aliphatic rings. The van der Waals surface area contributed by atoms with E-state index in [1.807, 2.05) is 0 Å². The summed E-state index contributed by atoms with van der Waals surface area (Å²) in [6.45, 7) is 12.5. The number of hydrogen-bond donors (Lipinski definition) is 3. The molecule has 4 nitrogen and oxygen atoms in total. The van der Waals surface area contributed by atoms with Gasteiger partial charge in [-0.25, -0.2) is 0 Å². The molecule has 1 aliphatic heterocycles. The molecule has 0 aliphatic carbocycles. The van der Waals surface area contributed by atoms with Crippen molar-refractivity contribution in [3.63, 3.8) is 0 Å². The Hall–Kier alpha value is -0.610. The van der Waals surface area contributed by atoms with Crippen LogP contribution in [0.15, 0.2) is 0 Å². The van der Waals surface area contributed by atoms with Gasteiger partial charge in [0.05, 0.1) is 11.5 Å². The molecule has 3 N–H and O–H groups in total. The maximum Gasteiger partial charge on any atom is 0.227 e. The third-order valence-corrected chi connectivity index (χ3v) is 4.09. The van der Waals surface area contributed by atoms with Crippen molar-refractivity contribution in [1.82, 2.24) is 10.6 Å². The van der Waals surface area contributed by atoms with E-state index in [9.17, 15) is 9.90 Å². The molecule has 1 heterocycles. The van der Waals surface area contributed by atoms with Gasteiger partial charge >= 0.3 is 0 Å². The summed E-state index contributed by atoms with van der Waals surface area (Å²) in [5.74, 6) is 0.391. The fourth-order valence-electron chi connectivity index (χ4n) is 2.83. The lowest BCUT2D eigenvalue weighted by Crippen LogP contribution is -2.48. The van der Waals surface area contributed by atoms with Crippen LogP contribution in [0.3, 0.4) is 0 Å². The molecule has 4 heteroatoms. The Bertz CT molecular complexity index is 302. The Morgan fingerprint density at radius 3 is 2.47 bits per heavy atom. The topological polar surface area (TPSA) is 61.4 Å². The van der Waals surface area contributed by atoms with Gasteiger partial charge in [-0.3, -0.25) is 4.79 Å². The van der Waals surface area contributed by atoms with Crippen LogP contribution in [0.25, 0.3) is 0 Å². The largest absolute Gasteiger partial charge is 0.391 e. The van der Waals surface area contributed by atoms with Crippen molar-refractivity contribution in [2.75, 3.05) is 19.6 Å². The average molecular weight is 270 g/mol. The third-order valence-electron chi connectivity index (χ3n) is 4.09. The van der Waals surface area contributed by atoms with Crippen LogP contribution in [0, 0.1) is 16.7 Å². The van der Waals surface area contributed by atoms with Crippen LogP contribution < -0.4 is 10.6 Å². The Morgan fingerprint density at radius 2 is 2.05 bits per heavy atom. The Balaban J connectivity index is 2.50. The zero-order valence-corrected chi connectivity index (χ0v) is 13.0. The van der Waals surface area contributed by atoms with Crippen molar-refractivity contribution >= 4 is 5.91 Å². The van der Waals surface area contributed by atoms with Crippen molar-refractivity contribution in [3.05, 3.63) is 0 Å². The lowest BCUT2D eigenvalue weighted by molar-refractivity contribution is -0.133. The normalized spacial score (nSPS) is 25.6. The van der Waals surface area contributed by atoms with Gasteiger partial charge in [-0.1, -0.05) is 34.6 Å². The van der Waals surface area contributed by atoms with E-state index < -0.39 is 6.10 Å². The summed E-state index contributed by atoms with van der Waals surface area (Å²) in [4.78, 5) is 12.4. The van der Waals surface area contributed by atoms with E-state index >= 15 is 0 Å². The number of amides is 1. The molecule has 1 rings (SSSR count). The molecule has 2 unspecified atom stereocenters. The summed E-state index contributed by atoms with van der Waals surface area (Å²) >= 11 is 0. The van der Waals surface area contributed by atoms with Crippen molar-refractivity contribution in [2.45, 2.75) is 53.6 Å². The summed E-state index contributed by atoms with van der Waals surface area (Å²) in [5, 5.41) is 16.2. The van der Waals surface area contributed by atoms with E-state index in [2.05, 4.69) is 45.3 Å². The Labute approximate surface area is 117 Å². The molecule has 2 atom stereocenters. The zero-order valence-electron chi connectivity index (χ0n) is 13.0. The van der Waals surface area contributed by atoms with Crippen LogP contribution in [0.2, 0.25) is 0 Å². The van der Waals surface area contributed by atoms with Crippen molar-refractivity contribution in [1.29, 1.82) is 0 Å². The van der Waals surface area contributed by atoms with Gasteiger partial charge in [0.1, 0.15) is 0 Å². The third kappa shape index (κ3) is 4.46. The van der Waals surface area contributed by atoms with E-state index in [1.54, 1.807) is 0 Å². The first-order valence-corrected chi connectivity index (χ1v) is 7.34. The number of hydrogen-bond acceptors (Lipinski definition) is 3. The van der Waals surface area contributed by atoms with Crippen molar-refractivity contribution in [3.8, 4) is 0 Å². The monoisotopic (exact) mass is 270 g/mol. The van der Waals surface area contributed by atoms with Gasteiger partial charge in [0.2, 0.25) is 5.91 Å². The molecule has 0 aromatic heterocycles. The van der Waals surface area contributed by atoms with Crippen molar-refractivity contribution < 1.29 is 9.90 Å².